The quantitative estimate of drug-likeness (QED) is 0.904. The molecule has 0 bridgehead atoms. The van der Waals surface area contributed by atoms with Crippen LogP contribution in [0.5, 0.6) is 5.75 Å². The average Bonchev–Trinajstić information content (AvgIpc) is 2.87. The molecule has 6 nitrogen and oxygen atoms in total. The molecule has 2 aromatic rings. The molecule has 0 unspecified atom stereocenters. The van der Waals surface area contributed by atoms with Crippen LogP contribution in [-0.4, -0.2) is 21.8 Å². The molecule has 0 spiro atoms. The number of benzene rings is 1. The molecular weight excluding hydrogens is 294 g/mol. The van der Waals surface area contributed by atoms with Gasteiger partial charge < -0.3 is 14.6 Å². The Morgan fingerprint density at radius 2 is 1.96 bits per heavy atom. The molecule has 3 rings (SSSR count). The van der Waals surface area contributed by atoms with Crippen molar-refractivity contribution < 1.29 is 4.74 Å². The summed E-state index contributed by atoms with van der Waals surface area (Å²) < 4.78 is 8.50. The van der Waals surface area contributed by atoms with Crippen molar-refractivity contribution in [1.29, 1.82) is 0 Å². The van der Waals surface area contributed by atoms with Crippen LogP contribution < -0.4 is 21.3 Å². The van der Waals surface area contributed by atoms with Gasteiger partial charge in [0, 0.05) is 50.4 Å². The molecule has 2 heterocycles. The van der Waals surface area contributed by atoms with E-state index < -0.39 is 0 Å². The van der Waals surface area contributed by atoms with Crippen LogP contribution in [0.15, 0.2) is 40.1 Å². The molecule has 6 heteroatoms. The van der Waals surface area contributed by atoms with Gasteiger partial charge in [0.1, 0.15) is 11.9 Å². The lowest BCUT2D eigenvalue weighted by Gasteiger charge is -2.16. The van der Waals surface area contributed by atoms with Crippen molar-refractivity contribution in [3.05, 3.63) is 62.4 Å². The van der Waals surface area contributed by atoms with E-state index in [2.05, 4.69) is 18.3 Å². The molecule has 23 heavy (non-hydrogen) atoms. The van der Waals surface area contributed by atoms with Gasteiger partial charge in [-0.05, 0) is 6.07 Å². The van der Waals surface area contributed by atoms with Gasteiger partial charge in [-0.15, -0.1) is 0 Å². The molecule has 1 aromatic heterocycles. The monoisotopic (exact) mass is 315 g/mol. The number of aryl methyl sites for hydroxylation is 1. The van der Waals surface area contributed by atoms with E-state index in [1.165, 1.54) is 17.2 Å². The van der Waals surface area contributed by atoms with Gasteiger partial charge in [-0.3, -0.25) is 9.36 Å². The Labute approximate surface area is 134 Å². The Bertz CT molecular complexity index is 838. The fourth-order valence-corrected chi connectivity index (χ4v) is 3.00. The van der Waals surface area contributed by atoms with Crippen molar-refractivity contribution in [3.8, 4) is 5.75 Å². The lowest BCUT2D eigenvalue weighted by molar-refractivity contribution is 0.206. The van der Waals surface area contributed by atoms with Crippen molar-refractivity contribution in [2.24, 2.45) is 14.1 Å². The van der Waals surface area contributed by atoms with E-state index in [-0.39, 0.29) is 17.4 Å². The minimum absolute atomic E-state index is 0.0452. The first-order valence-electron chi connectivity index (χ1n) is 7.71. The van der Waals surface area contributed by atoms with Crippen LogP contribution in [0.4, 0.5) is 0 Å². The maximum absolute atomic E-state index is 12.1. The number of rotatable bonds is 4. The van der Waals surface area contributed by atoms with Gasteiger partial charge in [0.15, 0.2) is 0 Å². The predicted octanol–water partition coefficient (Wildman–Crippen LogP) is 0.738. The third-order valence-corrected chi connectivity index (χ3v) is 4.42. The third-order valence-electron chi connectivity index (χ3n) is 4.42. The maximum Gasteiger partial charge on any atom is 0.330 e. The Hall–Kier alpha value is -2.34. The van der Waals surface area contributed by atoms with Crippen molar-refractivity contribution in [3.63, 3.8) is 0 Å². The molecule has 2 atom stereocenters. The van der Waals surface area contributed by atoms with E-state index in [9.17, 15) is 9.59 Å². The number of para-hydroxylation sites is 1. The molecule has 122 valence electrons. The minimum atomic E-state index is -0.318. The normalized spacial score (nSPS) is 19.4. The van der Waals surface area contributed by atoms with Gasteiger partial charge in [0.05, 0.1) is 0 Å². The van der Waals surface area contributed by atoms with Crippen LogP contribution in [0, 0.1) is 0 Å². The van der Waals surface area contributed by atoms with Gasteiger partial charge in [0.25, 0.3) is 5.56 Å². The first kappa shape index (κ1) is 15.6. The number of nitrogens with one attached hydrogen (secondary N) is 1. The maximum atomic E-state index is 12.1. The van der Waals surface area contributed by atoms with Gasteiger partial charge in [-0.1, -0.05) is 25.1 Å². The van der Waals surface area contributed by atoms with E-state index in [4.69, 9.17) is 4.74 Å². The largest absolute Gasteiger partial charge is 0.488 e. The zero-order chi connectivity index (χ0) is 16.6. The highest BCUT2D eigenvalue weighted by Crippen LogP contribution is 2.37. The summed E-state index contributed by atoms with van der Waals surface area (Å²) in [5, 5.41) is 3.27. The first-order valence-corrected chi connectivity index (χ1v) is 7.71. The SMILES string of the molecule is C[C@@H]1c2ccccc2O[C@@H]1CNCc1cn(C)c(=O)n(C)c1=O. The van der Waals surface area contributed by atoms with Crippen molar-refractivity contribution in [1.82, 2.24) is 14.5 Å². The summed E-state index contributed by atoms with van der Waals surface area (Å²) in [6, 6.07) is 8.05. The van der Waals surface area contributed by atoms with Crippen LogP contribution in [0.1, 0.15) is 24.0 Å². The third kappa shape index (κ3) is 2.82. The number of fused-ring (bicyclic) bond motifs is 1. The van der Waals surface area contributed by atoms with E-state index in [0.717, 1.165) is 10.3 Å². The van der Waals surface area contributed by atoms with Crippen LogP contribution >= 0.6 is 0 Å². The summed E-state index contributed by atoms with van der Waals surface area (Å²) in [6.45, 7) is 3.19. The number of nitrogens with zero attached hydrogens (tertiary/aromatic N) is 2. The summed E-state index contributed by atoms with van der Waals surface area (Å²) >= 11 is 0. The topological polar surface area (TPSA) is 65.3 Å². The number of hydrogen-bond donors (Lipinski definition) is 1. The van der Waals surface area contributed by atoms with Crippen LogP contribution in [-0.2, 0) is 20.6 Å². The summed E-state index contributed by atoms with van der Waals surface area (Å²) in [5.74, 6) is 1.24. The van der Waals surface area contributed by atoms with Gasteiger partial charge >= 0.3 is 5.69 Å². The lowest BCUT2D eigenvalue weighted by atomic mass is 9.98. The predicted molar refractivity (Wildman–Crippen MR) is 87.9 cm³/mol. The van der Waals surface area contributed by atoms with Crippen molar-refractivity contribution in [2.75, 3.05) is 6.54 Å². The second kappa shape index (κ2) is 6.04. The summed E-state index contributed by atoms with van der Waals surface area (Å²) in [5.41, 5.74) is 1.21. The van der Waals surface area contributed by atoms with E-state index >= 15 is 0 Å². The van der Waals surface area contributed by atoms with Crippen LogP contribution in [0.25, 0.3) is 0 Å². The summed E-state index contributed by atoms with van der Waals surface area (Å²) in [7, 11) is 3.14. The molecule has 0 aliphatic carbocycles. The molecule has 0 fully saturated rings. The van der Waals surface area contributed by atoms with Gasteiger partial charge in [-0.25, -0.2) is 4.79 Å². The molecule has 1 aliphatic heterocycles. The van der Waals surface area contributed by atoms with Crippen molar-refractivity contribution in [2.45, 2.75) is 25.5 Å². The minimum Gasteiger partial charge on any atom is -0.488 e. The number of ether oxygens (including phenoxy) is 1. The molecule has 0 radical (unpaired) electrons. The molecule has 0 saturated carbocycles. The standard InChI is InChI=1S/C17H21N3O3/c1-11-13-6-4-5-7-14(13)23-15(11)9-18-8-12-10-19(2)17(22)20(3)16(12)21/h4-7,10-11,15,18H,8-9H2,1-3H3/t11-,15-/m1/s1. The molecule has 1 aliphatic rings. The average molecular weight is 315 g/mol. The highest BCUT2D eigenvalue weighted by atomic mass is 16.5. The first-order chi connectivity index (χ1) is 11.0. The van der Waals surface area contributed by atoms with Gasteiger partial charge in [-0.2, -0.15) is 0 Å². The zero-order valence-corrected chi connectivity index (χ0v) is 13.6. The van der Waals surface area contributed by atoms with Crippen molar-refractivity contribution >= 4 is 0 Å². The second-order valence-electron chi connectivity index (χ2n) is 6.03. The molecule has 0 saturated heterocycles. The summed E-state index contributed by atoms with van der Waals surface area (Å²) in [6.07, 6.45) is 1.63. The Morgan fingerprint density at radius 1 is 1.22 bits per heavy atom. The highest BCUT2D eigenvalue weighted by molar-refractivity contribution is 5.40. The van der Waals surface area contributed by atoms with E-state index in [0.29, 0.717) is 24.6 Å². The lowest BCUT2D eigenvalue weighted by Crippen LogP contribution is -2.40. The fourth-order valence-electron chi connectivity index (χ4n) is 3.00. The molecule has 1 aromatic carbocycles. The van der Waals surface area contributed by atoms with Crippen LogP contribution in [0.3, 0.4) is 0 Å². The smallest absolute Gasteiger partial charge is 0.330 e. The van der Waals surface area contributed by atoms with Crippen LogP contribution in [0.2, 0.25) is 0 Å². The van der Waals surface area contributed by atoms with E-state index in [1.54, 1.807) is 13.2 Å². The second-order valence-corrected chi connectivity index (χ2v) is 6.03. The molecule has 1 N–H and O–H groups in total. The molecule has 0 amide bonds. The zero-order valence-electron chi connectivity index (χ0n) is 13.6. The summed E-state index contributed by atoms with van der Waals surface area (Å²) in [4.78, 5) is 23.8. The fraction of sp³-hybridized carbons (Fsp3) is 0.412. The Balaban J connectivity index is 1.66. The Morgan fingerprint density at radius 3 is 2.70 bits per heavy atom. The molecular formula is C17H21N3O3. The Kier molecular flexibility index (Phi) is 4.09. The highest BCUT2D eigenvalue weighted by Gasteiger charge is 2.30. The number of hydrogen-bond acceptors (Lipinski definition) is 4. The number of aromatic nitrogens is 2. The van der Waals surface area contributed by atoms with Gasteiger partial charge in [0.2, 0.25) is 0 Å². The van der Waals surface area contributed by atoms with E-state index in [1.807, 2.05) is 18.2 Å².